The Morgan fingerprint density at radius 3 is 0.700 bits per heavy atom. The summed E-state index contributed by atoms with van der Waals surface area (Å²) in [6.07, 6.45) is 0. The first-order chi connectivity index (χ1) is 3.46. The molecule has 0 bridgehead atoms. The normalized spacial score (nSPS) is 5.40. The molecule has 10 heavy (non-hydrogen) atoms. The zero-order chi connectivity index (χ0) is 7.15. The van der Waals surface area contributed by atoms with E-state index in [-0.39, 0.29) is 83.8 Å². The van der Waals surface area contributed by atoms with E-state index in [2.05, 4.69) is 0 Å². The summed E-state index contributed by atoms with van der Waals surface area (Å²) >= 11 is 0. The van der Waals surface area contributed by atoms with Crippen LogP contribution in [0.2, 0.25) is 0 Å². The maximum Gasteiger partial charge on any atom is 1.00 e. The van der Waals surface area contributed by atoms with E-state index in [0.29, 0.717) is 0 Å². The maximum absolute atomic E-state index is 7.17. The number of hydrogen-bond donors (Lipinski definition) is 6. The molecular formula is H8B2KNaO6. The van der Waals surface area contributed by atoms with Crippen molar-refractivity contribution in [2.24, 2.45) is 0 Å². The minimum absolute atomic E-state index is 0. The van der Waals surface area contributed by atoms with Crippen LogP contribution in [0.15, 0.2) is 0 Å². The van der Waals surface area contributed by atoms with Gasteiger partial charge < -0.3 is 33.0 Å². The molecule has 0 aliphatic heterocycles. The topological polar surface area (TPSA) is 121 Å². The molecule has 0 amide bonds. The number of hydrogen-bond acceptors (Lipinski definition) is 6. The second-order valence-corrected chi connectivity index (χ2v) is 0.693. The van der Waals surface area contributed by atoms with Crippen LogP contribution in [0.25, 0.3) is 0 Å². The van der Waals surface area contributed by atoms with Gasteiger partial charge in [-0.05, 0) is 0 Å². The molecule has 0 heterocycles. The first-order valence-corrected chi connectivity index (χ1v) is 1.55. The Morgan fingerprint density at radius 2 is 0.700 bits per heavy atom. The van der Waals surface area contributed by atoms with E-state index in [9.17, 15) is 0 Å². The first-order valence-electron chi connectivity index (χ1n) is 1.55. The van der Waals surface area contributed by atoms with Gasteiger partial charge in [0, 0.05) is 0 Å². The van der Waals surface area contributed by atoms with Crippen molar-refractivity contribution in [1.29, 1.82) is 0 Å². The van der Waals surface area contributed by atoms with Crippen molar-refractivity contribution in [2.45, 2.75) is 0 Å². The van der Waals surface area contributed by atoms with Crippen molar-refractivity contribution in [3.05, 3.63) is 0 Å². The Kier molecular flexibility index (Phi) is 40.2. The molecule has 0 aromatic carbocycles. The van der Waals surface area contributed by atoms with Crippen LogP contribution in [0.1, 0.15) is 2.85 Å². The van der Waals surface area contributed by atoms with Gasteiger partial charge >= 0.3 is 95.6 Å². The van der Waals surface area contributed by atoms with Crippen LogP contribution in [0.3, 0.4) is 0 Å². The molecule has 6 nitrogen and oxygen atoms in total. The third kappa shape index (κ3) is 150. The molecule has 0 saturated carbocycles. The Hall–Kier alpha value is 2.53. The maximum atomic E-state index is 7.17. The van der Waals surface area contributed by atoms with E-state index in [4.69, 9.17) is 30.1 Å². The fourth-order valence-corrected chi connectivity index (χ4v) is 0. The Balaban J connectivity index is -0.0000000112. The quantitative estimate of drug-likeness (QED) is 0.210. The second-order valence-electron chi connectivity index (χ2n) is 0.693. The molecule has 10 heteroatoms. The van der Waals surface area contributed by atoms with E-state index in [0.717, 1.165) is 0 Å². The molecule has 0 spiro atoms. The van der Waals surface area contributed by atoms with E-state index >= 15 is 0 Å². The smallest absolute Gasteiger partial charge is 1.00 e. The summed E-state index contributed by atoms with van der Waals surface area (Å²) in [7, 11) is -4.33. The fraction of sp³-hybridized carbons (Fsp3) is 0. The summed E-state index contributed by atoms with van der Waals surface area (Å²) in [6.45, 7) is 0. The van der Waals surface area contributed by atoms with E-state index in [1.165, 1.54) is 0 Å². The summed E-state index contributed by atoms with van der Waals surface area (Å²) in [6, 6.07) is 0. The van der Waals surface area contributed by atoms with Gasteiger partial charge in [0.15, 0.2) is 0 Å². The SMILES string of the molecule is OB(O)O.OB(O)O.[H-].[H-].[K+].[Na+]. The molecule has 0 aliphatic rings. The van der Waals surface area contributed by atoms with Crippen LogP contribution in [-0.2, 0) is 0 Å². The van der Waals surface area contributed by atoms with Crippen molar-refractivity contribution in [1.82, 2.24) is 0 Å². The summed E-state index contributed by atoms with van der Waals surface area (Å²) in [4.78, 5) is 0. The second kappa shape index (κ2) is 17.6. The van der Waals surface area contributed by atoms with Crippen molar-refractivity contribution in [3.63, 3.8) is 0 Å². The monoisotopic (exact) mass is 188 g/mol. The van der Waals surface area contributed by atoms with E-state index < -0.39 is 14.6 Å². The van der Waals surface area contributed by atoms with Crippen molar-refractivity contribution in [3.8, 4) is 0 Å². The molecule has 0 aliphatic carbocycles. The molecule has 6 N–H and O–H groups in total. The van der Waals surface area contributed by atoms with Crippen molar-refractivity contribution >= 4 is 14.6 Å². The predicted molar refractivity (Wildman–Crippen MR) is 27.0 cm³/mol. The van der Waals surface area contributed by atoms with Crippen LogP contribution < -0.4 is 80.9 Å². The first kappa shape index (κ1) is 22.9. The van der Waals surface area contributed by atoms with E-state index in [1.54, 1.807) is 0 Å². The minimum atomic E-state index is -2.17. The van der Waals surface area contributed by atoms with Crippen LogP contribution in [0.5, 0.6) is 0 Å². The summed E-state index contributed by atoms with van der Waals surface area (Å²) in [5.41, 5.74) is 0. The van der Waals surface area contributed by atoms with Gasteiger partial charge in [-0.15, -0.1) is 0 Å². The third-order valence-corrected chi connectivity index (χ3v) is 0. The van der Waals surface area contributed by atoms with Gasteiger partial charge in [-0.2, -0.15) is 0 Å². The largest absolute Gasteiger partial charge is 1.00 e. The summed E-state index contributed by atoms with van der Waals surface area (Å²) in [5.74, 6) is 0. The van der Waals surface area contributed by atoms with Gasteiger partial charge in [-0.1, -0.05) is 0 Å². The number of rotatable bonds is 0. The van der Waals surface area contributed by atoms with Crippen molar-refractivity contribution in [2.75, 3.05) is 0 Å². The van der Waals surface area contributed by atoms with Crippen LogP contribution in [-0.4, -0.2) is 44.8 Å². The van der Waals surface area contributed by atoms with Gasteiger partial charge in [-0.3, -0.25) is 0 Å². The molecule has 0 aromatic heterocycles. The van der Waals surface area contributed by atoms with Crippen LogP contribution in [0, 0.1) is 0 Å². The minimum Gasteiger partial charge on any atom is -1.00 e. The molecule has 52 valence electrons. The Morgan fingerprint density at radius 1 is 0.700 bits per heavy atom. The molecule has 0 aromatic rings. The zero-order valence-corrected chi connectivity index (χ0v) is 11.0. The van der Waals surface area contributed by atoms with Gasteiger partial charge in [0.25, 0.3) is 0 Å². The predicted octanol–water partition coefficient (Wildman–Crippen LogP) is -9.87. The Bertz CT molecular complexity index is 39.0. The molecule has 0 fully saturated rings. The molecule has 0 rings (SSSR count). The van der Waals surface area contributed by atoms with Gasteiger partial charge in [-0.25, -0.2) is 0 Å². The summed E-state index contributed by atoms with van der Waals surface area (Å²) in [5, 5.41) is 43.0. The molecule has 0 unspecified atom stereocenters. The molecular weight excluding hydrogens is 180 g/mol. The fourth-order valence-electron chi connectivity index (χ4n) is 0. The van der Waals surface area contributed by atoms with Gasteiger partial charge in [0.1, 0.15) is 0 Å². The molecule has 0 saturated heterocycles. The zero-order valence-electron chi connectivity index (χ0n) is 7.84. The van der Waals surface area contributed by atoms with Crippen LogP contribution >= 0.6 is 0 Å². The van der Waals surface area contributed by atoms with E-state index in [1.807, 2.05) is 0 Å². The summed E-state index contributed by atoms with van der Waals surface area (Å²) < 4.78 is 0. The average molecular weight is 188 g/mol. The van der Waals surface area contributed by atoms with Crippen molar-refractivity contribution < 1.29 is 114 Å². The van der Waals surface area contributed by atoms with Crippen LogP contribution in [0.4, 0.5) is 0 Å². The standard InChI is InChI=1S/2BH3O3.K.Na.2H/c2*2-1(3)4;;;;/h2*2-4H;;;;/q;;2*+1;2*-1. The van der Waals surface area contributed by atoms with Gasteiger partial charge in [0.05, 0.1) is 0 Å². The average Bonchev–Trinajstić information content (AvgIpc) is 1.25. The Labute approximate surface area is 126 Å². The molecule has 0 radical (unpaired) electrons. The molecule has 0 atom stereocenters. The third-order valence-electron chi connectivity index (χ3n) is 0. The van der Waals surface area contributed by atoms with Gasteiger partial charge in [0.2, 0.25) is 0 Å².